The van der Waals surface area contributed by atoms with Crippen LogP contribution in [0.2, 0.25) is 5.02 Å². The number of hydrogen-bond acceptors (Lipinski definition) is 5. The molecule has 1 unspecified atom stereocenters. The van der Waals surface area contributed by atoms with E-state index in [1.807, 2.05) is 85.8 Å². The lowest BCUT2D eigenvalue weighted by Gasteiger charge is -2.17. The monoisotopic (exact) mass is 697 g/mol. The maximum absolute atomic E-state index is 13.6. The third-order valence-corrected chi connectivity index (χ3v) is 9.11. The van der Waals surface area contributed by atoms with Gasteiger partial charge in [-0.15, -0.1) is 11.8 Å². The molecule has 0 aliphatic heterocycles. The summed E-state index contributed by atoms with van der Waals surface area (Å²) in [6.07, 6.45) is 1.50. The molecule has 0 fully saturated rings. The van der Waals surface area contributed by atoms with Crippen LogP contribution in [0.3, 0.4) is 0 Å². The van der Waals surface area contributed by atoms with Gasteiger partial charge < -0.3 is 20.4 Å². The Morgan fingerprint density at radius 1 is 0.700 bits per heavy atom. The molecular weight excluding hydrogens is 666 g/mol. The molecule has 0 saturated carbocycles. The molecule has 1 atom stereocenters. The van der Waals surface area contributed by atoms with Crippen molar-refractivity contribution in [3.8, 4) is 11.3 Å². The average Bonchev–Trinajstić information content (AvgIpc) is 3.61. The lowest BCUT2D eigenvalue weighted by Crippen LogP contribution is -2.30. The molecule has 0 aliphatic rings. The molecule has 3 N–H and O–H groups in total. The predicted octanol–water partition coefficient (Wildman–Crippen LogP) is 9.79. The first-order valence-electron chi connectivity index (χ1n) is 15.8. The first-order valence-corrected chi connectivity index (χ1v) is 17.0. The van der Waals surface area contributed by atoms with Crippen molar-refractivity contribution in [1.82, 2.24) is 5.32 Å². The summed E-state index contributed by atoms with van der Waals surface area (Å²) in [6.45, 7) is 2.01. The van der Waals surface area contributed by atoms with Crippen LogP contribution in [0.25, 0.3) is 17.4 Å². The van der Waals surface area contributed by atoms with Gasteiger partial charge in [-0.05, 0) is 85.3 Å². The molecule has 3 amide bonds. The smallest absolute Gasteiger partial charge is 0.272 e. The number of carbonyl (C=O) groups excluding carboxylic acids is 3. The fourth-order valence-electron chi connectivity index (χ4n) is 4.98. The molecule has 7 nitrogen and oxygen atoms in total. The van der Waals surface area contributed by atoms with Crippen molar-refractivity contribution in [2.24, 2.45) is 0 Å². The molecule has 6 rings (SSSR count). The van der Waals surface area contributed by atoms with Gasteiger partial charge in [-0.25, -0.2) is 0 Å². The van der Waals surface area contributed by atoms with Crippen LogP contribution in [0, 0.1) is 6.92 Å². The summed E-state index contributed by atoms with van der Waals surface area (Å²) >= 11 is 7.40. The van der Waals surface area contributed by atoms with E-state index >= 15 is 0 Å². The highest BCUT2D eigenvalue weighted by atomic mass is 35.5. The van der Waals surface area contributed by atoms with Crippen LogP contribution in [0.1, 0.15) is 32.5 Å². The quantitative estimate of drug-likeness (QED) is 0.0925. The van der Waals surface area contributed by atoms with Crippen LogP contribution in [-0.2, 0) is 9.59 Å². The highest BCUT2D eigenvalue weighted by molar-refractivity contribution is 8.00. The summed E-state index contributed by atoms with van der Waals surface area (Å²) in [7, 11) is 0. The molecule has 0 aliphatic carbocycles. The Labute approximate surface area is 299 Å². The maximum atomic E-state index is 13.6. The summed E-state index contributed by atoms with van der Waals surface area (Å²) < 4.78 is 6.03. The molecule has 0 spiro atoms. The van der Waals surface area contributed by atoms with Crippen LogP contribution in [-0.4, -0.2) is 17.7 Å². The van der Waals surface area contributed by atoms with Crippen LogP contribution in [0.5, 0.6) is 0 Å². The van der Waals surface area contributed by atoms with Crippen molar-refractivity contribution in [2.75, 3.05) is 10.6 Å². The first-order chi connectivity index (χ1) is 24.3. The summed E-state index contributed by atoms with van der Waals surface area (Å²) in [5, 5.41) is 8.62. The lowest BCUT2D eigenvalue weighted by atomic mass is 10.1. The third-order valence-electron chi connectivity index (χ3n) is 7.60. The van der Waals surface area contributed by atoms with Crippen LogP contribution >= 0.6 is 23.4 Å². The largest absolute Gasteiger partial charge is 0.457 e. The lowest BCUT2D eigenvalue weighted by molar-refractivity contribution is -0.116. The van der Waals surface area contributed by atoms with Crippen molar-refractivity contribution >= 4 is 58.5 Å². The van der Waals surface area contributed by atoms with Gasteiger partial charge in [-0.1, -0.05) is 90.0 Å². The maximum Gasteiger partial charge on any atom is 0.272 e. The van der Waals surface area contributed by atoms with Gasteiger partial charge in [0.25, 0.3) is 11.8 Å². The van der Waals surface area contributed by atoms with Gasteiger partial charge in [0.15, 0.2) is 0 Å². The van der Waals surface area contributed by atoms with E-state index < -0.39 is 17.1 Å². The van der Waals surface area contributed by atoms with Gasteiger partial charge in [-0.3, -0.25) is 14.4 Å². The zero-order valence-electron chi connectivity index (χ0n) is 26.9. The molecule has 0 radical (unpaired) electrons. The molecule has 0 saturated heterocycles. The van der Waals surface area contributed by atoms with Crippen molar-refractivity contribution in [1.29, 1.82) is 0 Å². The van der Waals surface area contributed by atoms with Gasteiger partial charge >= 0.3 is 0 Å². The third kappa shape index (κ3) is 8.99. The van der Waals surface area contributed by atoms with Crippen molar-refractivity contribution in [2.45, 2.75) is 17.1 Å². The molecule has 248 valence electrons. The van der Waals surface area contributed by atoms with E-state index in [0.717, 1.165) is 21.6 Å². The van der Waals surface area contributed by atoms with Crippen LogP contribution in [0.4, 0.5) is 11.4 Å². The molecule has 9 heteroatoms. The van der Waals surface area contributed by atoms with Gasteiger partial charge in [0, 0.05) is 38.5 Å². The number of carbonyl (C=O) groups is 3. The molecule has 1 heterocycles. The van der Waals surface area contributed by atoms with E-state index in [9.17, 15) is 14.4 Å². The number of nitrogens with one attached hydrogen (secondary N) is 3. The van der Waals surface area contributed by atoms with Gasteiger partial charge in [0.05, 0.1) is 0 Å². The molecular formula is C41H32ClN3O4S. The number of furan rings is 1. The Morgan fingerprint density at radius 2 is 1.32 bits per heavy atom. The summed E-state index contributed by atoms with van der Waals surface area (Å²) in [4.78, 5) is 41.0. The normalized spacial score (nSPS) is 11.8. The second-order valence-electron chi connectivity index (χ2n) is 11.3. The van der Waals surface area contributed by atoms with E-state index in [4.69, 9.17) is 16.0 Å². The predicted molar refractivity (Wildman–Crippen MR) is 201 cm³/mol. The molecule has 1 aromatic heterocycles. The summed E-state index contributed by atoms with van der Waals surface area (Å²) in [5.74, 6) is -0.127. The summed E-state index contributed by atoms with van der Waals surface area (Å²) in [5.41, 5.74) is 4.41. The minimum Gasteiger partial charge on any atom is -0.457 e. The average molecular weight is 698 g/mol. The zero-order chi connectivity index (χ0) is 34.9. The molecule has 50 heavy (non-hydrogen) atoms. The Hall–Kier alpha value is -5.83. The minimum absolute atomic E-state index is 0.00474. The SMILES string of the molecule is Cc1ccc(-c2ccc(C=C(NC(=O)c3ccccc3)C(=O)Nc3ccc(SC(C(=O)Nc4ccc(Cl)cc4)c4ccccc4)cc3)o2)cc1. The Kier molecular flexibility index (Phi) is 10.9. The second-order valence-corrected chi connectivity index (χ2v) is 12.9. The molecule has 0 bridgehead atoms. The van der Waals surface area contributed by atoms with E-state index in [1.165, 1.54) is 17.8 Å². The molecule has 6 aromatic rings. The van der Waals surface area contributed by atoms with Gasteiger partial charge in [-0.2, -0.15) is 0 Å². The Balaban J connectivity index is 1.20. The Bertz CT molecular complexity index is 2110. The standard InChI is InChI=1S/C41H32ClN3O4S/c1-27-12-14-28(15-13-27)37-25-22-34(49-37)26-36(45-39(46)30-10-6-3-7-11-30)40(47)43-33-20-23-35(24-21-33)50-38(29-8-4-2-5-9-29)41(48)44-32-18-16-31(42)17-19-32/h2-26,38H,1H3,(H,43,47)(H,44,48)(H,45,46). The van der Waals surface area contributed by atoms with Crippen molar-refractivity contribution in [3.63, 3.8) is 0 Å². The minimum atomic E-state index is -0.548. The first kappa shape index (κ1) is 34.0. The number of thioether (sulfide) groups is 1. The highest BCUT2D eigenvalue weighted by Crippen LogP contribution is 2.37. The second kappa shape index (κ2) is 16.0. The van der Waals surface area contributed by atoms with Crippen molar-refractivity contribution in [3.05, 3.63) is 179 Å². The van der Waals surface area contributed by atoms with Gasteiger partial charge in [0.1, 0.15) is 22.5 Å². The zero-order valence-corrected chi connectivity index (χ0v) is 28.5. The van der Waals surface area contributed by atoms with Gasteiger partial charge in [0.2, 0.25) is 5.91 Å². The number of rotatable bonds is 11. The fraction of sp³-hybridized carbons (Fsp3) is 0.0488. The van der Waals surface area contributed by atoms with E-state index in [2.05, 4.69) is 16.0 Å². The van der Waals surface area contributed by atoms with Crippen LogP contribution < -0.4 is 16.0 Å². The number of anilines is 2. The fourth-order valence-corrected chi connectivity index (χ4v) is 6.13. The topological polar surface area (TPSA) is 100 Å². The van der Waals surface area contributed by atoms with Crippen molar-refractivity contribution < 1.29 is 18.8 Å². The molecule has 5 aromatic carbocycles. The number of hydrogen-bond donors (Lipinski definition) is 3. The van der Waals surface area contributed by atoms with E-state index in [-0.39, 0.29) is 11.6 Å². The highest BCUT2D eigenvalue weighted by Gasteiger charge is 2.23. The van der Waals surface area contributed by atoms with E-state index in [0.29, 0.717) is 33.5 Å². The van der Waals surface area contributed by atoms with Crippen LogP contribution in [0.15, 0.2) is 161 Å². The van der Waals surface area contributed by atoms with E-state index in [1.54, 1.807) is 66.7 Å². The number of amides is 3. The number of halogens is 1. The number of benzene rings is 5. The summed E-state index contributed by atoms with van der Waals surface area (Å²) in [6, 6.07) is 43.8. The number of aryl methyl sites for hydroxylation is 1. The Morgan fingerprint density at radius 3 is 2.00 bits per heavy atom.